The summed E-state index contributed by atoms with van der Waals surface area (Å²) < 4.78 is 0. The normalized spacial score (nSPS) is 11.0. The van der Waals surface area contributed by atoms with Crippen molar-refractivity contribution in [3.63, 3.8) is 0 Å². The molecule has 6 heteroatoms. The van der Waals surface area contributed by atoms with Crippen LogP contribution in [0, 0.1) is 0 Å². The molecular formula is C7H8O6. The lowest BCUT2D eigenvalue weighted by molar-refractivity contribution is -0.137. The van der Waals surface area contributed by atoms with E-state index in [1.807, 2.05) is 0 Å². The van der Waals surface area contributed by atoms with E-state index in [1.54, 1.807) is 0 Å². The first-order chi connectivity index (χ1) is 5.97. The van der Waals surface area contributed by atoms with E-state index in [4.69, 9.17) is 15.3 Å². The van der Waals surface area contributed by atoms with Crippen molar-refractivity contribution in [3.8, 4) is 0 Å². The maximum absolute atomic E-state index is 10.7. The molecule has 0 unspecified atom stereocenters. The Bertz CT molecular complexity index is 264. The number of carbonyl (C=O) groups is 3. The second kappa shape index (κ2) is 5.04. The molecule has 3 N–H and O–H groups in total. The number of carboxylic acids is 2. The molecule has 0 saturated carbocycles. The molecule has 0 aromatic heterocycles. The van der Waals surface area contributed by atoms with Gasteiger partial charge in [-0.1, -0.05) is 0 Å². The number of ketones is 1. The van der Waals surface area contributed by atoms with Crippen LogP contribution in [-0.4, -0.2) is 39.6 Å². The quantitative estimate of drug-likeness (QED) is 0.479. The number of aliphatic carboxylic acids is 2. The molecule has 0 aliphatic carbocycles. The van der Waals surface area contributed by atoms with Crippen LogP contribution in [0.15, 0.2) is 11.6 Å². The van der Waals surface area contributed by atoms with Crippen molar-refractivity contribution in [2.45, 2.75) is 6.42 Å². The van der Waals surface area contributed by atoms with Crippen molar-refractivity contribution in [1.82, 2.24) is 0 Å². The fraction of sp³-hybridized carbons (Fsp3) is 0.286. The summed E-state index contributed by atoms with van der Waals surface area (Å²) in [6.45, 7) is -0.896. The number of rotatable bonds is 5. The van der Waals surface area contributed by atoms with Gasteiger partial charge in [-0.2, -0.15) is 0 Å². The van der Waals surface area contributed by atoms with Crippen LogP contribution in [0.4, 0.5) is 0 Å². The predicted molar refractivity (Wildman–Crippen MR) is 40.1 cm³/mol. The summed E-state index contributed by atoms with van der Waals surface area (Å²) in [5.74, 6) is -3.64. The Morgan fingerprint density at radius 3 is 2.00 bits per heavy atom. The molecule has 0 aliphatic heterocycles. The third-order valence-electron chi connectivity index (χ3n) is 1.14. The van der Waals surface area contributed by atoms with Crippen LogP contribution < -0.4 is 0 Å². The summed E-state index contributed by atoms with van der Waals surface area (Å²) in [7, 11) is 0. The second-order valence-electron chi connectivity index (χ2n) is 2.16. The minimum absolute atomic E-state index is 0.428. The lowest BCUT2D eigenvalue weighted by atomic mass is 10.1. The highest BCUT2D eigenvalue weighted by Gasteiger charge is 2.13. The predicted octanol–water partition coefficient (Wildman–Crippen LogP) is -0.966. The highest BCUT2D eigenvalue weighted by atomic mass is 16.4. The number of carbonyl (C=O) groups excluding carboxylic acids is 1. The van der Waals surface area contributed by atoms with Gasteiger partial charge in [-0.25, -0.2) is 4.79 Å². The Hall–Kier alpha value is -1.69. The third kappa shape index (κ3) is 4.70. The molecule has 0 atom stereocenters. The lowest BCUT2D eigenvalue weighted by Gasteiger charge is -1.98. The van der Waals surface area contributed by atoms with Crippen molar-refractivity contribution in [3.05, 3.63) is 11.6 Å². The second-order valence-corrected chi connectivity index (χ2v) is 2.16. The van der Waals surface area contributed by atoms with Crippen LogP contribution in [0.2, 0.25) is 0 Å². The molecule has 0 amide bonds. The van der Waals surface area contributed by atoms with E-state index >= 15 is 0 Å². The Kier molecular flexibility index (Phi) is 4.39. The molecule has 0 saturated heterocycles. The summed E-state index contributed by atoms with van der Waals surface area (Å²) in [4.78, 5) is 31.0. The highest BCUT2D eigenvalue weighted by Crippen LogP contribution is 2.02. The minimum Gasteiger partial charge on any atom is -0.481 e. The SMILES string of the molecule is O=C(O)/C=C(/CC(=O)O)C(=O)CO. The van der Waals surface area contributed by atoms with E-state index in [1.165, 1.54) is 0 Å². The molecule has 13 heavy (non-hydrogen) atoms. The van der Waals surface area contributed by atoms with E-state index < -0.39 is 36.3 Å². The molecule has 0 aliphatic rings. The molecule has 0 bridgehead atoms. The standard InChI is InChI=1S/C7H8O6/c8-3-5(9)4(1-6(10)11)2-7(12)13/h1,8H,2-3H2,(H,10,11)(H,12,13)/b4-1-. The third-order valence-corrected chi connectivity index (χ3v) is 1.14. The lowest BCUT2D eigenvalue weighted by Crippen LogP contribution is -2.13. The fourth-order valence-electron chi connectivity index (χ4n) is 0.644. The van der Waals surface area contributed by atoms with Gasteiger partial charge < -0.3 is 15.3 Å². The van der Waals surface area contributed by atoms with Gasteiger partial charge in [0.25, 0.3) is 0 Å². The van der Waals surface area contributed by atoms with Crippen molar-refractivity contribution in [1.29, 1.82) is 0 Å². The Labute approximate surface area is 73.1 Å². The fourth-order valence-corrected chi connectivity index (χ4v) is 0.644. The van der Waals surface area contributed by atoms with Gasteiger partial charge >= 0.3 is 11.9 Å². The number of carboxylic acid groups (broad SMARTS) is 2. The first kappa shape index (κ1) is 11.3. The van der Waals surface area contributed by atoms with Crippen LogP contribution in [0.25, 0.3) is 0 Å². The monoisotopic (exact) mass is 188 g/mol. The summed E-state index contributed by atoms with van der Waals surface area (Å²) >= 11 is 0. The van der Waals surface area contributed by atoms with Gasteiger partial charge in [0.05, 0.1) is 6.42 Å². The summed E-state index contributed by atoms with van der Waals surface area (Å²) in [5.41, 5.74) is -0.428. The van der Waals surface area contributed by atoms with Gasteiger partial charge in [-0.3, -0.25) is 9.59 Å². The van der Waals surface area contributed by atoms with Crippen LogP contribution in [0.5, 0.6) is 0 Å². The maximum Gasteiger partial charge on any atom is 0.328 e. The zero-order valence-electron chi connectivity index (χ0n) is 6.56. The summed E-state index contributed by atoms with van der Waals surface area (Å²) in [6.07, 6.45) is -0.224. The largest absolute Gasteiger partial charge is 0.481 e. The van der Waals surface area contributed by atoms with Crippen molar-refractivity contribution in [2.75, 3.05) is 6.61 Å². The Morgan fingerprint density at radius 1 is 1.15 bits per heavy atom. The molecule has 0 fully saturated rings. The van der Waals surface area contributed by atoms with Gasteiger partial charge in [0.1, 0.15) is 6.61 Å². The molecule has 0 rings (SSSR count). The number of Topliss-reactive ketones (excluding diaryl/α,β-unsaturated/α-hetero) is 1. The van der Waals surface area contributed by atoms with Crippen molar-refractivity contribution < 1.29 is 29.7 Å². The van der Waals surface area contributed by atoms with Crippen molar-refractivity contribution in [2.24, 2.45) is 0 Å². The van der Waals surface area contributed by atoms with Gasteiger partial charge in [0.2, 0.25) is 0 Å². The molecule has 0 radical (unpaired) electrons. The Balaban J connectivity index is 4.65. The van der Waals surface area contributed by atoms with Gasteiger partial charge in [0, 0.05) is 11.6 Å². The van der Waals surface area contributed by atoms with Gasteiger partial charge in [-0.05, 0) is 0 Å². The zero-order valence-corrected chi connectivity index (χ0v) is 6.56. The average Bonchev–Trinajstić information content (AvgIpc) is 2.00. The zero-order chi connectivity index (χ0) is 10.4. The molecule has 0 heterocycles. The number of hydrogen-bond donors (Lipinski definition) is 3. The molecular weight excluding hydrogens is 180 g/mol. The highest BCUT2D eigenvalue weighted by molar-refractivity contribution is 6.03. The molecule has 0 spiro atoms. The summed E-state index contributed by atoms with van der Waals surface area (Å²) in [6, 6.07) is 0. The maximum atomic E-state index is 10.7. The molecule has 6 nitrogen and oxygen atoms in total. The van der Waals surface area contributed by atoms with Crippen molar-refractivity contribution >= 4 is 17.7 Å². The average molecular weight is 188 g/mol. The minimum atomic E-state index is -1.42. The molecule has 0 aromatic rings. The van der Waals surface area contributed by atoms with E-state index in [2.05, 4.69) is 0 Å². The molecule has 0 aromatic carbocycles. The van der Waals surface area contributed by atoms with E-state index in [0.717, 1.165) is 0 Å². The van der Waals surface area contributed by atoms with Gasteiger partial charge in [-0.15, -0.1) is 0 Å². The number of aliphatic hydroxyl groups is 1. The van der Waals surface area contributed by atoms with E-state index in [9.17, 15) is 14.4 Å². The first-order valence-electron chi connectivity index (χ1n) is 3.26. The van der Waals surface area contributed by atoms with Crippen LogP contribution in [0.3, 0.4) is 0 Å². The van der Waals surface area contributed by atoms with Gasteiger partial charge in [0.15, 0.2) is 5.78 Å². The van der Waals surface area contributed by atoms with E-state index in [0.29, 0.717) is 6.08 Å². The number of hydrogen-bond acceptors (Lipinski definition) is 4. The first-order valence-corrected chi connectivity index (χ1v) is 3.26. The smallest absolute Gasteiger partial charge is 0.328 e. The van der Waals surface area contributed by atoms with Crippen LogP contribution in [-0.2, 0) is 14.4 Å². The van der Waals surface area contributed by atoms with Crippen LogP contribution in [0.1, 0.15) is 6.42 Å². The van der Waals surface area contributed by atoms with Crippen LogP contribution >= 0.6 is 0 Å². The topological polar surface area (TPSA) is 112 Å². The number of aliphatic hydroxyl groups excluding tert-OH is 1. The van der Waals surface area contributed by atoms with E-state index in [-0.39, 0.29) is 0 Å². The Morgan fingerprint density at radius 2 is 1.69 bits per heavy atom. The molecule has 72 valence electrons. The summed E-state index contributed by atoms with van der Waals surface area (Å²) in [5, 5.41) is 24.9.